The van der Waals surface area contributed by atoms with Crippen LogP contribution >= 0.6 is 11.3 Å². The standard InChI is InChI=1S/C10H10NS/c1-2-3-8-4-5-9-10(6-8)12-7-11-9/h4-7H,1-3H2. The van der Waals surface area contributed by atoms with Crippen LogP contribution < -0.4 is 0 Å². The monoisotopic (exact) mass is 176 g/mol. The Balaban J connectivity index is 2.46. The third-order valence-corrected chi connectivity index (χ3v) is 2.65. The van der Waals surface area contributed by atoms with Crippen LogP contribution in [0, 0.1) is 6.92 Å². The van der Waals surface area contributed by atoms with Crippen LogP contribution in [0.2, 0.25) is 0 Å². The first-order chi connectivity index (χ1) is 5.90. The first-order valence-corrected chi connectivity index (χ1v) is 4.89. The van der Waals surface area contributed by atoms with Crippen molar-refractivity contribution in [2.24, 2.45) is 0 Å². The fourth-order valence-corrected chi connectivity index (χ4v) is 2.00. The quantitative estimate of drug-likeness (QED) is 0.685. The van der Waals surface area contributed by atoms with Crippen molar-refractivity contribution in [3.63, 3.8) is 0 Å². The van der Waals surface area contributed by atoms with E-state index in [0.29, 0.717) is 0 Å². The number of aryl methyl sites for hydroxylation is 1. The Kier molecular flexibility index (Phi) is 2.09. The number of hydrogen-bond acceptors (Lipinski definition) is 2. The van der Waals surface area contributed by atoms with E-state index in [1.165, 1.54) is 10.3 Å². The van der Waals surface area contributed by atoms with Crippen LogP contribution in [0.1, 0.15) is 12.0 Å². The number of benzene rings is 1. The molecule has 0 fully saturated rings. The number of nitrogens with zero attached hydrogens (tertiary/aromatic N) is 1. The van der Waals surface area contributed by atoms with Crippen LogP contribution in [0.5, 0.6) is 0 Å². The predicted octanol–water partition coefficient (Wildman–Crippen LogP) is 3.06. The maximum absolute atomic E-state index is 4.22. The zero-order valence-corrected chi connectivity index (χ0v) is 7.60. The lowest BCUT2D eigenvalue weighted by Crippen LogP contribution is -1.81. The zero-order valence-electron chi connectivity index (χ0n) is 6.79. The van der Waals surface area contributed by atoms with Crippen molar-refractivity contribution in [3.05, 3.63) is 36.2 Å². The number of rotatable bonds is 2. The summed E-state index contributed by atoms with van der Waals surface area (Å²) in [7, 11) is 0. The van der Waals surface area contributed by atoms with Crippen LogP contribution in [-0.2, 0) is 6.42 Å². The second-order valence-corrected chi connectivity index (χ2v) is 3.64. The molecule has 1 nitrogen and oxygen atoms in total. The molecule has 0 spiro atoms. The van der Waals surface area contributed by atoms with Crippen molar-refractivity contribution in [2.45, 2.75) is 12.8 Å². The van der Waals surface area contributed by atoms with Crippen LogP contribution in [0.4, 0.5) is 0 Å². The van der Waals surface area contributed by atoms with Gasteiger partial charge in [-0.05, 0) is 30.5 Å². The van der Waals surface area contributed by atoms with Crippen molar-refractivity contribution in [1.82, 2.24) is 4.98 Å². The molecule has 2 aromatic rings. The summed E-state index contributed by atoms with van der Waals surface area (Å²) >= 11 is 1.70. The first kappa shape index (κ1) is 7.74. The van der Waals surface area contributed by atoms with Crippen molar-refractivity contribution in [2.75, 3.05) is 0 Å². The average molecular weight is 176 g/mol. The maximum Gasteiger partial charge on any atom is 0.0812 e. The normalized spacial score (nSPS) is 10.8. The first-order valence-electron chi connectivity index (χ1n) is 4.01. The molecule has 0 aliphatic heterocycles. The smallest absolute Gasteiger partial charge is 0.0812 e. The zero-order chi connectivity index (χ0) is 8.39. The van der Waals surface area contributed by atoms with Gasteiger partial charge in [-0.2, -0.15) is 0 Å². The number of fused-ring (bicyclic) bond motifs is 1. The topological polar surface area (TPSA) is 12.9 Å². The molecule has 1 aromatic carbocycles. The van der Waals surface area contributed by atoms with Crippen molar-refractivity contribution in [3.8, 4) is 0 Å². The van der Waals surface area contributed by atoms with E-state index in [1.807, 2.05) is 5.51 Å². The molecule has 0 aliphatic rings. The molecule has 0 bridgehead atoms. The lowest BCUT2D eigenvalue weighted by atomic mass is 10.1. The van der Waals surface area contributed by atoms with Crippen molar-refractivity contribution in [1.29, 1.82) is 0 Å². The van der Waals surface area contributed by atoms with Gasteiger partial charge in [-0.1, -0.05) is 13.0 Å². The summed E-state index contributed by atoms with van der Waals surface area (Å²) in [6.45, 7) is 3.84. The van der Waals surface area contributed by atoms with Gasteiger partial charge in [-0.25, -0.2) is 4.98 Å². The van der Waals surface area contributed by atoms with Gasteiger partial charge in [0.05, 0.1) is 15.7 Å². The Morgan fingerprint density at radius 1 is 1.42 bits per heavy atom. The molecular weight excluding hydrogens is 166 g/mol. The number of hydrogen-bond donors (Lipinski definition) is 0. The molecule has 1 heterocycles. The summed E-state index contributed by atoms with van der Waals surface area (Å²) in [5.74, 6) is 0. The molecule has 2 heteroatoms. The second-order valence-electron chi connectivity index (χ2n) is 2.76. The molecule has 0 unspecified atom stereocenters. The molecule has 0 aliphatic carbocycles. The summed E-state index contributed by atoms with van der Waals surface area (Å²) in [6, 6.07) is 6.42. The van der Waals surface area contributed by atoms with Gasteiger partial charge < -0.3 is 0 Å². The van der Waals surface area contributed by atoms with E-state index < -0.39 is 0 Å². The van der Waals surface area contributed by atoms with Gasteiger partial charge in [0.1, 0.15) is 0 Å². The fourth-order valence-electron chi connectivity index (χ4n) is 1.26. The molecule has 0 atom stereocenters. The minimum absolute atomic E-state index is 0.963. The summed E-state index contributed by atoms with van der Waals surface area (Å²) in [6.07, 6.45) is 2.03. The van der Waals surface area contributed by atoms with Gasteiger partial charge >= 0.3 is 0 Å². The van der Waals surface area contributed by atoms with Crippen LogP contribution in [-0.4, -0.2) is 4.98 Å². The summed E-state index contributed by atoms with van der Waals surface area (Å²) in [5.41, 5.74) is 4.35. The Morgan fingerprint density at radius 3 is 3.17 bits per heavy atom. The summed E-state index contributed by atoms with van der Waals surface area (Å²) in [5, 5.41) is 0. The van der Waals surface area contributed by atoms with E-state index >= 15 is 0 Å². The molecule has 0 N–H and O–H groups in total. The molecule has 0 amide bonds. The third kappa shape index (κ3) is 1.34. The molecular formula is C10H10NS. The minimum Gasteiger partial charge on any atom is -0.245 e. The van der Waals surface area contributed by atoms with E-state index in [4.69, 9.17) is 0 Å². The van der Waals surface area contributed by atoms with E-state index in [-0.39, 0.29) is 0 Å². The SMILES string of the molecule is [CH2]CCc1ccc2ncsc2c1. The van der Waals surface area contributed by atoms with Gasteiger partial charge in [0.25, 0.3) is 0 Å². The molecule has 1 aromatic heterocycles. The largest absolute Gasteiger partial charge is 0.245 e. The fraction of sp³-hybridized carbons (Fsp3) is 0.200. The average Bonchev–Trinajstić information content (AvgIpc) is 2.51. The number of aromatic nitrogens is 1. The van der Waals surface area contributed by atoms with Crippen molar-refractivity contribution < 1.29 is 0 Å². The van der Waals surface area contributed by atoms with Gasteiger partial charge in [-0.15, -0.1) is 11.3 Å². The van der Waals surface area contributed by atoms with Crippen LogP contribution in [0.15, 0.2) is 23.7 Å². The Labute approximate surface area is 76.1 Å². The van der Waals surface area contributed by atoms with Gasteiger partial charge in [0.2, 0.25) is 0 Å². The highest BCUT2D eigenvalue weighted by molar-refractivity contribution is 7.16. The lowest BCUT2D eigenvalue weighted by molar-refractivity contribution is 1.00. The highest BCUT2D eigenvalue weighted by Gasteiger charge is 1.97. The molecule has 2 rings (SSSR count). The van der Waals surface area contributed by atoms with E-state index in [2.05, 4.69) is 30.1 Å². The van der Waals surface area contributed by atoms with Crippen molar-refractivity contribution >= 4 is 21.6 Å². The summed E-state index contributed by atoms with van der Waals surface area (Å²) < 4.78 is 1.28. The third-order valence-electron chi connectivity index (χ3n) is 1.86. The number of thiazole rings is 1. The van der Waals surface area contributed by atoms with E-state index in [1.54, 1.807) is 11.3 Å². The molecule has 61 valence electrons. The van der Waals surface area contributed by atoms with E-state index in [9.17, 15) is 0 Å². The molecule has 12 heavy (non-hydrogen) atoms. The van der Waals surface area contributed by atoms with E-state index in [0.717, 1.165) is 18.4 Å². The Bertz CT molecular complexity index is 378. The predicted molar refractivity (Wildman–Crippen MR) is 53.3 cm³/mol. The van der Waals surface area contributed by atoms with Gasteiger partial charge in [0, 0.05) is 0 Å². The lowest BCUT2D eigenvalue weighted by Gasteiger charge is -1.96. The highest BCUT2D eigenvalue weighted by atomic mass is 32.1. The van der Waals surface area contributed by atoms with Gasteiger partial charge in [-0.3, -0.25) is 0 Å². The summed E-state index contributed by atoms with van der Waals surface area (Å²) in [4.78, 5) is 4.22. The second kappa shape index (κ2) is 3.23. The molecule has 1 radical (unpaired) electrons. The van der Waals surface area contributed by atoms with Crippen LogP contribution in [0.25, 0.3) is 10.2 Å². The van der Waals surface area contributed by atoms with Gasteiger partial charge in [0.15, 0.2) is 0 Å². The Morgan fingerprint density at radius 2 is 2.33 bits per heavy atom. The van der Waals surface area contributed by atoms with Crippen LogP contribution in [0.3, 0.4) is 0 Å². The molecule has 0 saturated carbocycles. The highest BCUT2D eigenvalue weighted by Crippen LogP contribution is 2.19. The Hall–Kier alpha value is -0.890. The minimum atomic E-state index is 0.963. The molecule has 0 saturated heterocycles. The maximum atomic E-state index is 4.22.